The van der Waals surface area contributed by atoms with Crippen molar-refractivity contribution in [2.75, 3.05) is 19.6 Å². The zero-order valence-electron chi connectivity index (χ0n) is 17.0. The van der Waals surface area contributed by atoms with Crippen LogP contribution in [0, 0.1) is 11.8 Å². The van der Waals surface area contributed by atoms with Crippen LogP contribution in [0.4, 0.5) is 0 Å². The van der Waals surface area contributed by atoms with E-state index in [-0.39, 0.29) is 29.8 Å². The van der Waals surface area contributed by atoms with E-state index < -0.39 is 11.2 Å². The summed E-state index contributed by atoms with van der Waals surface area (Å²) in [7, 11) is 0. The van der Waals surface area contributed by atoms with Crippen molar-refractivity contribution in [2.24, 2.45) is 11.8 Å². The standard InChI is InChI=1S/C20H36N2O4/c1-19(2,3)25-17(23)15-10-14(12-21-13-15)11-20(4,5)26-18(24)16-8-6-7-9-22-16/h14-16,21-22H,6-13H2,1-5H3. The van der Waals surface area contributed by atoms with E-state index >= 15 is 0 Å². The summed E-state index contributed by atoms with van der Waals surface area (Å²) in [4.78, 5) is 24.8. The van der Waals surface area contributed by atoms with Gasteiger partial charge in [-0.25, -0.2) is 0 Å². The first kappa shape index (κ1) is 21.2. The van der Waals surface area contributed by atoms with Crippen LogP contribution in [0.3, 0.4) is 0 Å². The number of hydrogen-bond donors (Lipinski definition) is 2. The molecule has 2 fully saturated rings. The molecular weight excluding hydrogens is 332 g/mol. The molecule has 0 aromatic heterocycles. The molecule has 2 rings (SSSR count). The molecule has 2 heterocycles. The van der Waals surface area contributed by atoms with Crippen LogP contribution in [0.1, 0.15) is 66.7 Å². The van der Waals surface area contributed by atoms with Gasteiger partial charge in [-0.2, -0.15) is 0 Å². The average molecular weight is 369 g/mol. The summed E-state index contributed by atoms with van der Waals surface area (Å²) < 4.78 is 11.3. The van der Waals surface area contributed by atoms with Crippen molar-refractivity contribution in [3.05, 3.63) is 0 Å². The molecule has 3 atom stereocenters. The number of piperidine rings is 2. The topological polar surface area (TPSA) is 76.7 Å². The van der Waals surface area contributed by atoms with E-state index in [1.165, 1.54) is 0 Å². The van der Waals surface area contributed by atoms with Gasteiger partial charge >= 0.3 is 11.9 Å². The second-order valence-corrected chi connectivity index (χ2v) is 9.38. The monoisotopic (exact) mass is 368 g/mol. The lowest BCUT2D eigenvalue weighted by Crippen LogP contribution is -2.47. The van der Waals surface area contributed by atoms with Crippen molar-refractivity contribution in [2.45, 2.75) is 84.0 Å². The maximum Gasteiger partial charge on any atom is 0.323 e. The lowest BCUT2D eigenvalue weighted by Gasteiger charge is -2.36. The molecule has 0 aliphatic carbocycles. The molecule has 0 bridgehead atoms. The first-order valence-corrected chi connectivity index (χ1v) is 9.95. The van der Waals surface area contributed by atoms with Crippen molar-refractivity contribution >= 4 is 11.9 Å². The Morgan fingerprint density at radius 2 is 1.73 bits per heavy atom. The van der Waals surface area contributed by atoms with E-state index in [0.29, 0.717) is 6.54 Å². The number of carbonyl (C=O) groups is 2. The minimum absolute atomic E-state index is 0.139. The number of nitrogens with one attached hydrogen (secondary N) is 2. The van der Waals surface area contributed by atoms with Crippen LogP contribution in [-0.2, 0) is 19.1 Å². The van der Waals surface area contributed by atoms with Crippen molar-refractivity contribution < 1.29 is 19.1 Å². The summed E-state index contributed by atoms with van der Waals surface area (Å²) in [6.45, 7) is 12.0. The van der Waals surface area contributed by atoms with Crippen LogP contribution < -0.4 is 10.6 Å². The van der Waals surface area contributed by atoms with Gasteiger partial charge in [0.2, 0.25) is 0 Å². The van der Waals surface area contributed by atoms with Gasteiger partial charge in [-0.15, -0.1) is 0 Å². The van der Waals surface area contributed by atoms with Crippen LogP contribution in [0.15, 0.2) is 0 Å². The first-order chi connectivity index (χ1) is 12.1. The Hall–Kier alpha value is -1.14. The number of esters is 2. The van der Waals surface area contributed by atoms with Crippen molar-refractivity contribution in [3.63, 3.8) is 0 Å². The lowest BCUT2D eigenvalue weighted by molar-refractivity contribution is -0.165. The molecule has 0 radical (unpaired) electrons. The van der Waals surface area contributed by atoms with Crippen LogP contribution in [0.5, 0.6) is 0 Å². The molecule has 0 aromatic rings. The second-order valence-electron chi connectivity index (χ2n) is 9.38. The molecule has 6 heteroatoms. The number of rotatable bonds is 5. The van der Waals surface area contributed by atoms with Crippen LogP contribution >= 0.6 is 0 Å². The van der Waals surface area contributed by atoms with E-state index in [2.05, 4.69) is 10.6 Å². The van der Waals surface area contributed by atoms with Gasteiger partial charge in [-0.1, -0.05) is 6.42 Å². The Bertz CT molecular complexity index is 493. The molecular formula is C20H36N2O4. The molecule has 0 spiro atoms. The normalized spacial score (nSPS) is 27.7. The summed E-state index contributed by atoms with van der Waals surface area (Å²) in [5.74, 6) is -0.152. The fourth-order valence-corrected chi connectivity index (χ4v) is 3.88. The summed E-state index contributed by atoms with van der Waals surface area (Å²) in [5, 5.41) is 6.58. The van der Waals surface area contributed by atoms with Gasteiger partial charge in [-0.05, 0) is 79.3 Å². The van der Waals surface area contributed by atoms with E-state index in [4.69, 9.17) is 9.47 Å². The van der Waals surface area contributed by atoms with E-state index in [9.17, 15) is 9.59 Å². The second kappa shape index (κ2) is 8.70. The average Bonchev–Trinajstić information content (AvgIpc) is 2.53. The Labute approximate surface area is 157 Å². The van der Waals surface area contributed by atoms with Gasteiger partial charge in [0.25, 0.3) is 0 Å². The SMILES string of the molecule is CC(C)(C)OC(=O)C1CNCC(CC(C)(C)OC(=O)C2CCCCN2)C1. The first-order valence-electron chi connectivity index (χ1n) is 9.95. The van der Waals surface area contributed by atoms with Crippen LogP contribution in [-0.4, -0.2) is 48.8 Å². The molecule has 2 saturated heterocycles. The van der Waals surface area contributed by atoms with Gasteiger partial charge in [0.05, 0.1) is 5.92 Å². The predicted molar refractivity (Wildman–Crippen MR) is 101 cm³/mol. The summed E-state index contributed by atoms with van der Waals surface area (Å²) in [5.41, 5.74) is -1.01. The molecule has 0 aromatic carbocycles. The summed E-state index contributed by atoms with van der Waals surface area (Å²) in [6, 6.07) is -0.179. The van der Waals surface area contributed by atoms with Crippen molar-refractivity contribution in [1.82, 2.24) is 10.6 Å². The van der Waals surface area contributed by atoms with Gasteiger partial charge in [0.15, 0.2) is 0 Å². The number of ether oxygens (including phenoxy) is 2. The highest BCUT2D eigenvalue weighted by molar-refractivity contribution is 5.76. The Balaban J connectivity index is 1.85. The quantitative estimate of drug-likeness (QED) is 0.726. The third-order valence-corrected chi connectivity index (χ3v) is 4.93. The van der Waals surface area contributed by atoms with E-state index in [1.807, 2.05) is 34.6 Å². The van der Waals surface area contributed by atoms with Crippen LogP contribution in [0.2, 0.25) is 0 Å². The van der Waals surface area contributed by atoms with Gasteiger partial charge < -0.3 is 20.1 Å². The molecule has 2 N–H and O–H groups in total. The Kier molecular flexibility index (Phi) is 7.08. The maximum absolute atomic E-state index is 12.4. The lowest BCUT2D eigenvalue weighted by atomic mass is 9.83. The minimum Gasteiger partial charge on any atom is -0.460 e. The fraction of sp³-hybridized carbons (Fsp3) is 0.900. The van der Waals surface area contributed by atoms with Crippen molar-refractivity contribution in [1.29, 1.82) is 0 Å². The zero-order chi connectivity index (χ0) is 19.4. The van der Waals surface area contributed by atoms with E-state index in [0.717, 1.165) is 45.2 Å². The molecule has 2 aliphatic rings. The molecule has 3 unspecified atom stereocenters. The van der Waals surface area contributed by atoms with Gasteiger partial charge in [0, 0.05) is 6.54 Å². The molecule has 2 aliphatic heterocycles. The highest BCUT2D eigenvalue weighted by atomic mass is 16.6. The van der Waals surface area contributed by atoms with Gasteiger partial charge in [-0.3, -0.25) is 9.59 Å². The Morgan fingerprint density at radius 3 is 2.35 bits per heavy atom. The summed E-state index contributed by atoms with van der Waals surface area (Å²) >= 11 is 0. The third-order valence-electron chi connectivity index (χ3n) is 4.93. The smallest absolute Gasteiger partial charge is 0.323 e. The third kappa shape index (κ3) is 6.88. The minimum atomic E-state index is -0.543. The maximum atomic E-state index is 12.4. The summed E-state index contributed by atoms with van der Waals surface area (Å²) in [6.07, 6.45) is 4.53. The number of hydrogen-bond acceptors (Lipinski definition) is 6. The molecule has 6 nitrogen and oxygen atoms in total. The molecule has 26 heavy (non-hydrogen) atoms. The largest absolute Gasteiger partial charge is 0.460 e. The molecule has 0 saturated carbocycles. The van der Waals surface area contributed by atoms with E-state index in [1.54, 1.807) is 0 Å². The molecule has 150 valence electrons. The van der Waals surface area contributed by atoms with Crippen LogP contribution in [0.25, 0.3) is 0 Å². The Morgan fingerprint density at radius 1 is 1.00 bits per heavy atom. The highest BCUT2D eigenvalue weighted by Gasteiger charge is 2.36. The highest BCUT2D eigenvalue weighted by Crippen LogP contribution is 2.29. The predicted octanol–water partition coefficient (Wildman–Crippen LogP) is 2.41. The van der Waals surface area contributed by atoms with Crippen molar-refractivity contribution in [3.8, 4) is 0 Å². The number of carbonyl (C=O) groups excluding carboxylic acids is 2. The zero-order valence-corrected chi connectivity index (χ0v) is 17.0. The van der Waals surface area contributed by atoms with Gasteiger partial charge in [0.1, 0.15) is 17.2 Å². The molecule has 0 amide bonds. The fourth-order valence-electron chi connectivity index (χ4n) is 3.88.